The smallest absolute Gasteiger partial charge is 0.172 e. The van der Waals surface area contributed by atoms with Crippen molar-refractivity contribution in [3.63, 3.8) is 0 Å². The molecule has 0 spiro atoms. The minimum Gasteiger partial charge on any atom is -0.381 e. The highest BCUT2D eigenvalue weighted by atomic mass is 16.3. The molecule has 4 rings (SSSR count). The van der Waals surface area contributed by atoms with E-state index in [2.05, 4.69) is 13.8 Å². The number of rotatable bonds is 5. The average molecular weight is 401 g/mol. The molecule has 4 heteroatoms. The predicted molar refractivity (Wildman–Crippen MR) is 111 cm³/mol. The molecule has 0 heterocycles. The third-order valence-electron chi connectivity index (χ3n) is 9.46. The molecule has 0 unspecified atom stereocenters. The van der Waals surface area contributed by atoms with Crippen molar-refractivity contribution in [3.8, 4) is 0 Å². The first-order chi connectivity index (χ1) is 13.7. The maximum atomic E-state index is 13.1. The third-order valence-corrected chi connectivity index (χ3v) is 9.46. The lowest BCUT2D eigenvalue weighted by atomic mass is 9.46. The van der Waals surface area contributed by atoms with Gasteiger partial charge in [0.1, 0.15) is 11.4 Å². The van der Waals surface area contributed by atoms with E-state index in [1.54, 1.807) is 0 Å². The maximum absolute atomic E-state index is 13.1. The van der Waals surface area contributed by atoms with Crippen LogP contribution in [0.4, 0.5) is 0 Å². The summed E-state index contributed by atoms with van der Waals surface area (Å²) in [4.78, 5) is 37.2. The van der Waals surface area contributed by atoms with Crippen molar-refractivity contribution in [1.29, 1.82) is 0 Å². The van der Waals surface area contributed by atoms with Crippen LogP contribution in [0.15, 0.2) is 11.6 Å². The molecule has 0 aliphatic heterocycles. The van der Waals surface area contributed by atoms with E-state index in [1.165, 1.54) is 5.57 Å². The van der Waals surface area contributed by atoms with Gasteiger partial charge >= 0.3 is 0 Å². The second kappa shape index (κ2) is 7.14. The molecule has 3 fully saturated rings. The van der Waals surface area contributed by atoms with E-state index < -0.39 is 11.0 Å². The molecule has 0 radical (unpaired) electrons. The van der Waals surface area contributed by atoms with Crippen LogP contribution in [-0.2, 0) is 14.4 Å². The van der Waals surface area contributed by atoms with E-state index in [9.17, 15) is 19.5 Å². The lowest BCUT2D eigenvalue weighted by Crippen LogP contribution is -2.57. The molecule has 3 saturated carbocycles. The molecule has 0 aromatic rings. The predicted octanol–water partition coefficient (Wildman–Crippen LogP) is 4.58. The van der Waals surface area contributed by atoms with Gasteiger partial charge in [0.25, 0.3) is 0 Å². The van der Waals surface area contributed by atoms with Crippen molar-refractivity contribution < 1.29 is 19.5 Å². The highest BCUT2D eigenvalue weighted by Crippen LogP contribution is 2.67. The monoisotopic (exact) mass is 400 g/mol. The molecule has 6 atom stereocenters. The number of fused-ring (bicyclic) bond motifs is 5. The van der Waals surface area contributed by atoms with Crippen LogP contribution in [0.2, 0.25) is 0 Å². The normalized spacial score (nSPS) is 43.8. The van der Waals surface area contributed by atoms with Gasteiger partial charge in [-0.05, 0) is 80.6 Å². The van der Waals surface area contributed by atoms with E-state index >= 15 is 0 Å². The van der Waals surface area contributed by atoms with Gasteiger partial charge in [0.2, 0.25) is 0 Å². The summed E-state index contributed by atoms with van der Waals surface area (Å²) in [6.07, 6.45) is 9.76. The fourth-order valence-electron chi connectivity index (χ4n) is 7.73. The van der Waals surface area contributed by atoms with Crippen LogP contribution in [0.25, 0.3) is 0 Å². The second-order valence-corrected chi connectivity index (χ2v) is 10.7. The summed E-state index contributed by atoms with van der Waals surface area (Å²) < 4.78 is 0. The number of allylic oxidation sites excluding steroid dienone is 1. The van der Waals surface area contributed by atoms with Crippen molar-refractivity contribution in [2.24, 2.45) is 28.6 Å². The number of Topliss-reactive ketones (excluding diaryl/α,β-unsaturated/α-hetero) is 2. The summed E-state index contributed by atoms with van der Waals surface area (Å²) in [6.45, 7) is 6.40. The lowest BCUT2D eigenvalue weighted by Gasteiger charge is -2.58. The Hall–Kier alpha value is -1.29. The Morgan fingerprint density at radius 3 is 2.52 bits per heavy atom. The molecule has 160 valence electrons. The molecule has 4 aliphatic carbocycles. The Morgan fingerprint density at radius 1 is 1.07 bits per heavy atom. The zero-order valence-corrected chi connectivity index (χ0v) is 18.3. The molecular formula is C25H36O4. The summed E-state index contributed by atoms with van der Waals surface area (Å²) >= 11 is 0. The number of carbonyl (C=O) groups is 3. The van der Waals surface area contributed by atoms with Crippen LogP contribution < -0.4 is 0 Å². The van der Waals surface area contributed by atoms with E-state index in [1.807, 2.05) is 13.0 Å². The van der Waals surface area contributed by atoms with Gasteiger partial charge in [0, 0.05) is 18.3 Å². The Balaban J connectivity index is 1.59. The molecular weight excluding hydrogens is 364 g/mol. The zero-order valence-electron chi connectivity index (χ0n) is 18.3. The Bertz CT molecular complexity index is 767. The van der Waals surface area contributed by atoms with Crippen LogP contribution in [0.1, 0.15) is 91.4 Å². The fourth-order valence-corrected chi connectivity index (χ4v) is 7.73. The Kier molecular flexibility index (Phi) is 5.16. The van der Waals surface area contributed by atoms with Gasteiger partial charge in [-0.15, -0.1) is 0 Å². The van der Waals surface area contributed by atoms with Crippen molar-refractivity contribution >= 4 is 17.3 Å². The summed E-state index contributed by atoms with van der Waals surface area (Å²) in [5.74, 6) is 1.34. The Labute approximate surface area is 174 Å². The van der Waals surface area contributed by atoms with Crippen LogP contribution in [0.5, 0.6) is 0 Å². The third kappa shape index (κ3) is 3.00. The molecule has 0 saturated heterocycles. The molecule has 29 heavy (non-hydrogen) atoms. The largest absolute Gasteiger partial charge is 0.381 e. The summed E-state index contributed by atoms with van der Waals surface area (Å²) in [6, 6.07) is 0. The maximum Gasteiger partial charge on any atom is 0.172 e. The molecule has 4 nitrogen and oxygen atoms in total. The van der Waals surface area contributed by atoms with Gasteiger partial charge in [0.15, 0.2) is 11.6 Å². The lowest BCUT2D eigenvalue weighted by molar-refractivity contribution is -0.163. The number of aliphatic hydroxyl groups is 1. The van der Waals surface area contributed by atoms with Gasteiger partial charge in [-0.2, -0.15) is 0 Å². The van der Waals surface area contributed by atoms with Gasteiger partial charge < -0.3 is 5.11 Å². The zero-order chi connectivity index (χ0) is 21.0. The second-order valence-electron chi connectivity index (χ2n) is 10.7. The molecule has 0 aromatic carbocycles. The van der Waals surface area contributed by atoms with Crippen molar-refractivity contribution in [3.05, 3.63) is 11.6 Å². The van der Waals surface area contributed by atoms with Crippen LogP contribution in [0, 0.1) is 28.6 Å². The molecule has 0 bridgehead atoms. The molecule has 0 aromatic heterocycles. The summed E-state index contributed by atoms with van der Waals surface area (Å²) in [5, 5.41) is 11.6. The molecule has 4 aliphatic rings. The number of carbonyl (C=O) groups excluding carboxylic acids is 3. The van der Waals surface area contributed by atoms with Crippen molar-refractivity contribution in [1.82, 2.24) is 0 Å². The minimum absolute atomic E-state index is 0.0431. The standard InChI is InChI=1S/C25H36O4/c1-4-5-17(26)15-22(28)25(29)13-10-21-19-7-6-16-14-18(27)8-11-23(16,2)20(19)9-12-24(21,25)3/h14,19-21,29H,4-13,15H2,1-3H3/t19-,20+,21+,23+,24+,25+/m1/s1. The topological polar surface area (TPSA) is 71.4 Å². The van der Waals surface area contributed by atoms with Gasteiger partial charge in [0.05, 0.1) is 6.42 Å². The molecule has 1 N–H and O–H groups in total. The van der Waals surface area contributed by atoms with Gasteiger partial charge in [-0.3, -0.25) is 14.4 Å². The van der Waals surface area contributed by atoms with Crippen LogP contribution in [0.3, 0.4) is 0 Å². The first kappa shape index (κ1) is 21.0. The minimum atomic E-state index is -1.36. The highest BCUT2D eigenvalue weighted by Gasteiger charge is 2.66. The number of ketones is 3. The van der Waals surface area contributed by atoms with Gasteiger partial charge in [-0.1, -0.05) is 26.3 Å². The van der Waals surface area contributed by atoms with Crippen LogP contribution in [-0.4, -0.2) is 28.1 Å². The first-order valence-corrected chi connectivity index (χ1v) is 11.7. The Morgan fingerprint density at radius 2 is 1.79 bits per heavy atom. The average Bonchev–Trinajstić information content (AvgIpc) is 2.95. The van der Waals surface area contributed by atoms with Crippen molar-refractivity contribution in [2.45, 2.75) is 97.0 Å². The van der Waals surface area contributed by atoms with E-state index in [0.29, 0.717) is 37.0 Å². The van der Waals surface area contributed by atoms with Crippen LogP contribution >= 0.6 is 0 Å². The fraction of sp³-hybridized carbons (Fsp3) is 0.800. The van der Waals surface area contributed by atoms with E-state index in [-0.39, 0.29) is 29.2 Å². The number of hydrogen-bond acceptors (Lipinski definition) is 4. The molecule has 0 amide bonds. The van der Waals surface area contributed by atoms with E-state index in [0.717, 1.165) is 44.9 Å². The quantitative estimate of drug-likeness (QED) is 0.686. The SMILES string of the molecule is CCCC(=O)CC(=O)[C@@]1(O)CC[C@H]2[C@@H]3CCC4=CC(=O)CC[C@]4(C)[C@H]3CC[C@@]21C. The summed E-state index contributed by atoms with van der Waals surface area (Å²) in [7, 11) is 0. The number of hydrogen-bond donors (Lipinski definition) is 1. The van der Waals surface area contributed by atoms with E-state index in [4.69, 9.17) is 0 Å². The first-order valence-electron chi connectivity index (χ1n) is 11.7. The highest BCUT2D eigenvalue weighted by molar-refractivity contribution is 6.03. The summed E-state index contributed by atoms with van der Waals surface area (Å²) in [5.41, 5.74) is -0.348. The van der Waals surface area contributed by atoms with Gasteiger partial charge in [-0.25, -0.2) is 0 Å². The van der Waals surface area contributed by atoms with Crippen molar-refractivity contribution in [2.75, 3.05) is 0 Å².